The Bertz CT molecular complexity index is 1030. The number of rotatable bonds is 7. The highest BCUT2D eigenvalue weighted by atomic mass is 35.5. The highest BCUT2D eigenvalue weighted by Crippen LogP contribution is 2.22. The molecule has 0 aromatic carbocycles. The number of carbonyl (C=O) groups is 1. The molecule has 29 heavy (non-hydrogen) atoms. The van der Waals surface area contributed by atoms with Crippen molar-refractivity contribution in [3.8, 4) is 0 Å². The molecule has 0 radical (unpaired) electrons. The molecule has 4 aromatic rings. The van der Waals surface area contributed by atoms with Gasteiger partial charge < -0.3 is 9.84 Å². The number of carbonyl (C=O) groups excluding carboxylic acids is 1. The lowest BCUT2D eigenvalue weighted by Gasteiger charge is -2.17. The van der Waals surface area contributed by atoms with Crippen LogP contribution in [0.3, 0.4) is 0 Å². The van der Waals surface area contributed by atoms with E-state index in [4.69, 9.17) is 4.52 Å². The predicted molar refractivity (Wildman–Crippen MR) is 112 cm³/mol. The molecule has 150 valence electrons. The van der Waals surface area contributed by atoms with Crippen molar-refractivity contribution in [3.63, 3.8) is 0 Å². The fourth-order valence-corrected chi connectivity index (χ4v) is 3.73. The third kappa shape index (κ3) is 4.90. The number of amides is 1. The number of hydrogen-bond acceptors (Lipinski definition) is 6. The second kappa shape index (κ2) is 9.49. The first-order valence-electron chi connectivity index (χ1n) is 8.87. The Morgan fingerprint density at radius 1 is 1.24 bits per heavy atom. The van der Waals surface area contributed by atoms with Crippen LogP contribution in [-0.2, 0) is 13.0 Å². The van der Waals surface area contributed by atoms with Gasteiger partial charge in [-0.1, -0.05) is 17.3 Å². The third-order valence-electron chi connectivity index (χ3n) is 4.41. The molecule has 7 nitrogen and oxygen atoms in total. The van der Waals surface area contributed by atoms with Crippen LogP contribution in [0.2, 0.25) is 0 Å². The number of aromatic nitrogens is 4. The smallest absolute Gasteiger partial charge is 0.274 e. The lowest BCUT2D eigenvalue weighted by molar-refractivity contribution is 0.0925. The topological polar surface area (TPSA) is 85.8 Å². The summed E-state index contributed by atoms with van der Waals surface area (Å²) < 4.78 is 7.03. The summed E-state index contributed by atoms with van der Waals surface area (Å²) in [5.74, 6) is 0.319. The highest BCUT2D eigenvalue weighted by Gasteiger charge is 2.24. The second-order valence-electron chi connectivity index (χ2n) is 6.33. The first kappa shape index (κ1) is 20.8. The van der Waals surface area contributed by atoms with Crippen molar-refractivity contribution in [2.45, 2.75) is 25.9 Å². The van der Waals surface area contributed by atoms with Crippen LogP contribution < -0.4 is 5.32 Å². The van der Waals surface area contributed by atoms with Gasteiger partial charge >= 0.3 is 0 Å². The molecule has 0 spiro atoms. The van der Waals surface area contributed by atoms with Crippen LogP contribution in [0.25, 0.3) is 0 Å². The van der Waals surface area contributed by atoms with E-state index in [1.54, 1.807) is 35.3 Å². The molecule has 1 atom stereocenters. The van der Waals surface area contributed by atoms with Gasteiger partial charge in [0.2, 0.25) is 0 Å². The molecule has 0 saturated heterocycles. The molecule has 0 aliphatic carbocycles. The molecule has 4 aromatic heterocycles. The van der Waals surface area contributed by atoms with E-state index in [-0.39, 0.29) is 30.0 Å². The molecule has 0 saturated carbocycles. The Labute approximate surface area is 178 Å². The molecule has 0 aliphatic rings. The number of hydrogen-bond donors (Lipinski definition) is 1. The lowest BCUT2D eigenvalue weighted by atomic mass is 10.1. The van der Waals surface area contributed by atoms with Crippen molar-refractivity contribution in [2.75, 3.05) is 0 Å². The largest absolute Gasteiger partial charge is 0.361 e. The van der Waals surface area contributed by atoms with Crippen molar-refractivity contribution >= 4 is 29.7 Å². The van der Waals surface area contributed by atoms with Gasteiger partial charge in [-0.05, 0) is 36.6 Å². The zero-order valence-electron chi connectivity index (χ0n) is 15.7. The summed E-state index contributed by atoms with van der Waals surface area (Å²) in [7, 11) is 0. The molecule has 4 heterocycles. The predicted octanol–water partition coefficient (Wildman–Crippen LogP) is 3.82. The summed E-state index contributed by atoms with van der Waals surface area (Å²) in [6.45, 7) is 2.22. The van der Waals surface area contributed by atoms with Crippen molar-refractivity contribution in [1.29, 1.82) is 0 Å². The van der Waals surface area contributed by atoms with Gasteiger partial charge in [0.15, 0.2) is 5.69 Å². The Morgan fingerprint density at radius 2 is 2.14 bits per heavy atom. The van der Waals surface area contributed by atoms with E-state index in [9.17, 15) is 4.79 Å². The molecule has 1 unspecified atom stereocenters. The number of pyridine rings is 1. The van der Waals surface area contributed by atoms with E-state index in [1.165, 1.54) is 4.88 Å². The van der Waals surface area contributed by atoms with Gasteiger partial charge in [-0.15, -0.1) is 23.7 Å². The third-order valence-corrected chi connectivity index (χ3v) is 5.31. The molecule has 1 amide bonds. The van der Waals surface area contributed by atoms with E-state index < -0.39 is 0 Å². The summed E-state index contributed by atoms with van der Waals surface area (Å²) in [6, 6.07) is 11.3. The van der Waals surface area contributed by atoms with Crippen LogP contribution in [0, 0.1) is 6.92 Å². The number of nitrogens with zero attached hydrogens (tertiary/aromatic N) is 4. The maximum atomic E-state index is 13.0. The van der Waals surface area contributed by atoms with E-state index >= 15 is 0 Å². The van der Waals surface area contributed by atoms with Crippen LogP contribution in [0.5, 0.6) is 0 Å². The first-order valence-corrected chi connectivity index (χ1v) is 9.75. The fraction of sp³-hybridized carbons (Fsp3) is 0.200. The average Bonchev–Trinajstić information content (AvgIpc) is 3.46. The van der Waals surface area contributed by atoms with Crippen LogP contribution in [-0.4, -0.2) is 25.8 Å². The number of aryl methyl sites for hydroxylation is 1. The van der Waals surface area contributed by atoms with E-state index in [0.717, 1.165) is 11.3 Å². The van der Waals surface area contributed by atoms with Gasteiger partial charge in [0.1, 0.15) is 5.76 Å². The molecule has 9 heteroatoms. The van der Waals surface area contributed by atoms with Gasteiger partial charge in [0.05, 0.1) is 18.3 Å². The molecule has 4 rings (SSSR count). The first-order chi connectivity index (χ1) is 13.7. The normalized spacial score (nSPS) is 11.6. The molecule has 1 N–H and O–H groups in total. The summed E-state index contributed by atoms with van der Waals surface area (Å²) in [4.78, 5) is 18.6. The van der Waals surface area contributed by atoms with Gasteiger partial charge in [-0.2, -0.15) is 5.10 Å². The molecule has 0 aliphatic heterocycles. The Hall–Kier alpha value is -2.97. The zero-order chi connectivity index (χ0) is 19.3. The van der Waals surface area contributed by atoms with Crippen molar-refractivity contribution in [1.82, 2.24) is 25.2 Å². The molecule has 0 bridgehead atoms. The molecule has 0 fully saturated rings. The Morgan fingerprint density at radius 3 is 2.83 bits per heavy atom. The van der Waals surface area contributed by atoms with Crippen LogP contribution >= 0.6 is 23.7 Å². The maximum Gasteiger partial charge on any atom is 0.274 e. The van der Waals surface area contributed by atoms with Crippen LogP contribution in [0.15, 0.2) is 64.9 Å². The summed E-state index contributed by atoms with van der Waals surface area (Å²) in [5.41, 5.74) is 1.80. The van der Waals surface area contributed by atoms with Crippen molar-refractivity contribution in [3.05, 3.63) is 88.0 Å². The summed E-state index contributed by atoms with van der Waals surface area (Å²) >= 11 is 1.65. The SMILES string of the molecule is Cc1onc(C(=O)NC(Cc2cccs2)c2ccccn2)c1Cn1cccn1.Cl. The summed E-state index contributed by atoms with van der Waals surface area (Å²) in [6.07, 6.45) is 5.92. The highest BCUT2D eigenvalue weighted by molar-refractivity contribution is 7.09. The van der Waals surface area contributed by atoms with Gasteiger partial charge in [-0.25, -0.2) is 0 Å². The van der Waals surface area contributed by atoms with Gasteiger partial charge in [0, 0.05) is 35.5 Å². The lowest BCUT2D eigenvalue weighted by Crippen LogP contribution is -2.31. The van der Waals surface area contributed by atoms with E-state index in [0.29, 0.717) is 18.7 Å². The van der Waals surface area contributed by atoms with Crippen molar-refractivity contribution in [2.24, 2.45) is 0 Å². The number of thiophene rings is 1. The van der Waals surface area contributed by atoms with Crippen molar-refractivity contribution < 1.29 is 9.32 Å². The summed E-state index contributed by atoms with van der Waals surface area (Å²) in [5, 5.41) is 13.3. The molecular weight excluding hydrogens is 410 g/mol. The number of halogens is 1. The number of nitrogens with one attached hydrogen (secondary N) is 1. The average molecular weight is 430 g/mol. The molecular formula is C20H20ClN5O2S. The standard InChI is InChI=1S/C20H19N5O2S.ClH/c1-14-16(13-25-10-5-9-22-25)19(24-27-14)20(26)23-18(12-15-6-4-11-28-15)17-7-2-3-8-21-17;/h2-11,18H,12-13H2,1H3,(H,23,26);1H. The van der Waals surface area contributed by atoms with E-state index in [1.807, 2.05) is 41.9 Å². The Balaban J connectivity index is 0.00000240. The van der Waals surface area contributed by atoms with E-state index in [2.05, 4.69) is 26.6 Å². The zero-order valence-corrected chi connectivity index (χ0v) is 17.3. The fourth-order valence-electron chi connectivity index (χ4n) is 2.98. The minimum atomic E-state index is -0.286. The van der Waals surface area contributed by atoms with Gasteiger partial charge in [-0.3, -0.25) is 14.5 Å². The van der Waals surface area contributed by atoms with Gasteiger partial charge in [0.25, 0.3) is 5.91 Å². The minimum absolute atomic E-state index is 0. The van der Waals surface area contributed by atoms with Crippen LogP contribution in [0.1, 0.15) is 38.4 Å². The quantitative estimate of drug-likeness (QED) is 0.482. The minimum Gasteiger partial charge on any atom is -0.361 e. The maximum absolute atomic E-state index is 13.0. The monoisotopic (exact) mass is 429 g/mol. The Kier molecular flexibility index (Phi) is 6.79. The second-order valence-corrected chi connectivity index (χ2v) is 7.37. The van der Waals surface area contributed by atoms with Crippen LogP contribution in [0.4, 0.5) is 0 Å².